The number of pyridine rings is 1. The molecule has 0 bridgehead atoms. The Morgan fingerprint density at radius 1 is 1.03 bits per heavy atom. The average molecular weight is 479 g/mol. The summed E-state index contributed by atoms with van der Waals surface area (Å²) >= 11 is 0. The molecule has 0 aliphatic heterocycles. The number of nitriles is 1. The third-order valence-corrected chi connectivity index (χ3v) is 5.89. The monoisotopic (exact) mass is 478 g/mol. The van der Waals surface area contributed by atoms with Gasteiger partial charge in [0.25, 0.3) is 20.2 Å². The molecule has 0 amide bonds. The molecule has 0 aliphatic rings. The van der Waals surface area contributed by atoms with Crippen molar-refractivity contribution in [2.24, 2.45) is 0 Å². The van der Waals surface area contributed by atoms with Crippen LogP contribution in [0.4, 0.5) is 17.3 Å². The molecule has 0 aliphatic carbocycles. The lowest BCUT2D eigenvalue weighted by atomic mass is 10.1. The number of benzene rings is 1. The van der Waals surface area contributed by atoms with E-state index in [1.54, 1.807) is 32.1 Å². The van der Waals surface area contributed by atoms with Crippen LogP contribution < -0.4 is 10.6 Å². The van der Waals surface area contributed by atoms with Crippen molar-refractivity contribution in [1.82, 2.24) is 4.98 Å². The Hall–Kier alpha value is -3.24. The van der Waals surface area contributed by atoms with E-state index in [9.17, 15) is 26.7 Å². The molecule has 2 aromatic rings. The van der Waals surface area contributed by atoms with E-state index in [4.69, 9.17) is 4.55 Å². The van der Waals surface area contributed by atoms with Crippen LogP contribution in [0.25, 0.3) is 0 Å². The first-order valence-electron chi connectivity index (χ1n) is 9.19. The number of hydrogen-bond donors (Lipinski definition) is 4. The lowest BCUT2D eigenvalue weighted by Crippen LogP contribution is -2.10. The van der Waals surface area contributed by atoms with E-state index in [0.717, 1.165) is 0 Å². The predicted octanol–water partition coefficient (Wildman–Crippen LogP) is 2.97. The number of nitrogens with zero attached hydrogens (tertiary/aromatic N) is 2. The maximum Gasteiger partial charge on any atom is 0.296 e. The lowest BCUT2D eigenvalue weighted by Gasteiger charge is -2.16. The summed E-state index contributed by atoms with van der Waals surface area (Å²) in [5.41, 5.74) is 1.64. The second-order valence-corrected chi connectivity index (χ2v) is 9.51. The number of para-hydroxylation sites is 1. The zero-order chi connectivity index (χ0) is 23.9. The van der Waals surface area contributed by atoms with Crippen molar-refractivity contribution in [3.8, 4) is 6.07 Å². The summed E-state index contributed by atoms with van der Waals surface area (Å²) in [6, 6.07) is 7.75. The van der Waals surface area contributed by atoms with Gasteiger partial charge in [0.15, 0.2) is 5.82 Å². The van der Waals surface area contributed by atoms with E-state index in [1.165, 1.54) is 30.4 Å². The number of allylic oxidation sites excluding steroid dienone is 2. The van der Waals surface area contributed by atoms with Gasteiger partial charge in [-0.05, 0) is 37.1 Å². The standard InChI is InChI=1S/C20H22N4O6S2/c1-14-15(2)19(22-11-7-3-4-8-12-31(25,26)27)24-20(16(14)13-21)23-17-9-5-6-10-18(17)32(28,29)30/h3-10H,11-12H2,1-2H3,(H2,22,23,24)(H,25,26,27)(H,28,29,30)/b7-3-,8-4-. The molecule has 2 rings (SSSR count). The molecular formula is C20H22N4O6S2. The second-order valence-electron chi connectivity index (χ2n) is 6.63. The number of nitrogens with one attached hydrogen (secondary N) is 2. The Morgan fingerprint density at radius 3 is 2.31 bits per heavy atom. The van der Waals surface area contributed by atoms with Crippen LogP contribution in [0.1, 0.15) is 16.7 Å². The first kappa shape index (κ1) is 25.0. The zero-order valence-electron chi connectivity index (χ0n) is 17.3. The Balaban J connectivity index is 2.29. The van der Waals surface area contributed by atoms with Gasteiger partial charge in [0.05, 0.1) is 17.0 Å². The number of aromatic nitrogens is 1. The largest absolute Gasteiger partial charge is 0.366 e. The van der Waals surface area contributed by atoms with E-state index < -0.39 is 26.0 Å². The summed E-state index contributed by atoms with van der Waals surface area (Å²) in [5.74, 6) is 0.0754. The highest BCUT2D eigenvalue weighted by atomic mass is 32.2. The van der Waals surface area contributed by atoms with Crippen molar-refractivity contribution in [3.63, 3.8) is 0 Å². The van der Waals surface area contributed by atoms with Crippen LogP contribution in [0.5, 0.6) is 0 Å². The average Bonchev–Trinajstić information content (AvgIpc) is 2.69. The minimum absolute atomic E-state index is 0.0667. The zero-order valence-corrected chi connectivity index (χ0v) is 18.9. The molecule has 0 spiro atoms. The molecule has 1 aromatic heterocycles. The number of anilines is 3. The molecule has 4 N–H and O–H groups in total. The summed E-state index contributed by atoms with van der Waals surface area (Å²) in [6.45, 7) is 3.82. The third-order valence-electron chi connectivity index (χ3n) is 4.36. The van der Waals surface area contributed by atoms with E-state index in [2.05, 4.69) is 21.7 Å². The van der Waals surface area contributed by atoms with Crippen LogP contribution in [0.15, 0.2) is 53.5 Å². The molecule has 12 heteroatoms. The number of hydrogen-bond acceptors (Lipinski definition) is 8. The maximum atomic E-state index is 11.6. The van der Waals surface area contributed by atoms with Gasteiger partial charge in [-0.15, -0.1) is 0 Å². The quantitative estimate of drug-likeness (QED) is 0.310. The van der Waals surface area contributed by atoms with Gasteiger partial charge in [0.2, 0.25) is 0 Å². The Bertz CT molecular complexity index is 1310. The van der Waals surface area contributed by atoms with Gasteiger partial charge in [-0.1, -0.05) is 36.4 Å². The second kappa shape index (κ2) is 10.4. The van der Waals surface area contributed by atoms with Crippen LogP contribution in [0.3, 0.4) is 0 Å². The summed E-state index contributed by atoms with van der Waals surface area (Å²) in [5, 5.41) is 15.5. The van der Waals surface area contributed by atoms with Gasteiger partial charge in [-0.3, -0.25) is 9.11 Å². The van der Waals surface area contributed by atoms with Crippen molar-refractivity contribution < 1.29 is 25.9 Å². The van der Waals surface area contributed by atoms with Crippen molar-refractivity contribution >= 4 is 37.6 Å². The molecule has 32 heavy (non-hydrogen) atoms. The smallest absolute Gasteiger partial charge is 0.296 e. The van der Waals surface area contributed by atoms with E-state index in [1.807, 2.05) is 0 Å². The molecular weight excluding hydrogens is 456 g/mol. The summed E-state index contributed by atoms with van der Waals surface area (Å²) in [6.07, 6.45) is 6.04. The highest BCUT2D eigenvalue weighted by Crippen LogP contribution is 2.30. The van der Waals surface area contributed by atoms with Gasteiger partial charge in [-0.25, -0.2) is 4.98 Å². The van der Waals surface area contributed by atoms with Gasteiger partial charge >= 0.3 is 0 Å². The molecule has 0 unspecified atom stereocenters. The van der Waals surface area contributed by atoms with Crippen molar-refractivity contribution in [2.75, 3.05) is 22.9 Å². The Morgan fingerprint density at radius 2 is 1.69 bits per heavy atom. The van der Waals surface area contributed by atoms with Crippen LogP contribution in [0, 0.1) is 25.2 Å². The summed E-state index contributed by atoms with van der Waals surface area (Å²) in [4.78, 5) is 4.05. The normalized spacial score (nSPS) is 12.2. The first-order valence-corrected chi connectivity index (χ1v) is 12.2. The fourth-order valence-electron chi connectivity index (χ4n) is 2.67. The molecule has 0 fully saturated rings. The van der Waals surface area contributed by atoms with Crippen LogP contribution >= 0.6 is 0 Å². The van der Waals surface area contributed by atoms with Gasteiger partial charge < -0.3 is 10.6 Å². The van der Waals surface area contributed by atoms with Crippen LogP contribution in [-0.4, -0.2) is 43.2 Å². The summed E-state index contributed by atoms with van der Waals surface area (Å²) < 4.78 is 62.7. The summed E-state index contributed by atoms with van der Waals surface area (Å²) in [7, 11) is -8.55. The van der Waals surface area contributed by atoms with Crippen molar-refractivity contribution in [3.05, 3.63) is 65.3 Å². The Labute approximate surface area is 186 Å². The molecule has 170 valence electrons. The van der Waals surface area contributed by atoms with Crippen molar-refractivity contribution in [2.45, 2.75) is 18.7 Å². The van der Waals surface area contributed by atoms with Crippen LogP contribution in [-0.2, 0) is 20.2 Å². The minimum Gasteiger partial charge on any atom is -0.366 e. The van der Waals surface area contributed by atoms with Gasteiger partial charge in [0.1, 0.15) is 16.8 Å². The predicted molar refractivity (Wildman–Crippen MR) is 121 cm³/mol. The maximum absolute atomic E-state index is 11.6. The fraction of sp³-hybridized carbons (Fsp3) is 0.200. The van der Waals surface area contributed by atoms with E-state index >= 15 is 0 Å². The highest BCUT2D eigenvalue weighted by Gasteiger charge is 2.19. The van der Waals surface area contributed by atoms with Gasteiger partial charge in [-0.2, -0.15) is 22.1 Å². The minimum atomic E-state index is -4.49. The molecule has 1 heterocycles. The van der Waals surface area contributed by atoms with E-state index in [0.29, 0.717) is 23.5 Å². The molecule has 0 atom stereocenters. The Kier molecular flexibility index (Phi) is 8.12. The first-order chi connectivity index (χ1) is 14.9. The molecule has 10 nitrogen and oxygen atoms in total. The van der Waals surface area contributed by atoms with Gasteiger partial charge in [0, 0.05) is 6.54 Å². The van der Waals surface area contributed by atoms with E-state index in [-0.39, 0.29) is 22.0 Å². The third kappa shape index (κ3) is 6.89. The lowest BCUT2D eigenvalue weighted by molar-refractivity contribution is 0.482. The topological polar surface area (TPSA) is 169 Å². The SMILES string of the molecule is Cc1c(NC/C=C\C=C/CS(=O)(=O)O)nc(Nc2ccccc2S(=O)(=O)O)c(C#N)c1C. The molecule has 1 aromatic carbocycles. The van der Waals surface area contributed by atoms with Crippen molar-refractivity contribution in [1.29, 1.82) is 5.26 Å². The van der Waals surface area contributed by atoms with Crippen LogP contribution in [0.2, 0.25) is 0 Å². The molecule has 0 saturated carbocycles. The highest BCUT2D eigenvalue weighted by molar-refractivity contribution is 7.86. The number of rotatable bonds is 9. The molecule has 0 radical (unpaired) electrons. The molecule has 0 saturated heterocycles. The fourth-order valence-corrected chi connectivity index (χ4v) is 3.68.